The summed E-state index contributed by atoms with van der Waals surface area (Å²) in [6, 6.07) is 1.99. The number of nitrogens with zero attached hydrogens (tertiary/aromatic N) is 1. The van der Waals surface area contributed by atoms with E-state index in [1.54, 1.807) is 0 Å². The van der Waals surface area contributed by atoms with Crippen molar-refractivity contribution in [1.29, 1.82) is 0 Å². The summed E-state index contributed by atoms with van der Waals surface area (Å²) in [7, 11) is 1.27. The van der Waals surface area contributed by atoms with Gasteiger partial charge in [-0.25, -0.2) is 8.78 Å². The quantitative estimate of drug-likeness (QED) is 0.896. The lowest BCUT2D eigenvalue weighted by molar-refractivity contribution is 0.383. The summed E-state index contributed by atoms with van der Waals surface area (Å²) in [4.78, 5) is 0. The number of benzene rings is 1. The van der Waals surface area contributed by atoms with Gasteiger partial charge in [0.05, 0.1) is 17.3 Å². The molecule has 3 N–H and O–H groups in total. The standard InChI is InChI=1S/C10H8BrF2N3O/c1-17-7-3-5(12)4(2-6(7)13)9-8(11)10(14)16-15-9/h2-3H,1H3,(H3,14,15,16). The van der Waals surface area contributed by atoms with Crippen molar-refractivity contribution in [3.8, 4) is 17.0 Å². The number of aromatic nitrogens is 2. The van der Waals surface area contributed by atoms with Crippen LogP contribution in [-0.4, -0.2) is 17.3 Å². The van der Waals surface area contributed by atoms with Crippen LogP contribution in [0, 0.1) is 11.6 Å². The summed E-state index contributed by atoms with van der Waals surface area (Å²) in [5.41, 5.74) is 5.80. The van der Waals surface area contributed by atoms with E-state index in [-0.39, 0.29) is 22.8 Å². The molecule has 0 aliphatic rings. The van der Waals surface area contributed by atoms with Crippen molar-refractivity contribution in [3.05, 3.63) is 28.2 Å². The van der Waals surface area contributed by atoms with Crippen LogP contribution < -0.4 is 10.5 Å². The SMILES string of the molecule is COc1cc(F)c(-c2[nH]nc(N)c2Br)cc1F. The van der Waals surface area contributed by atoms with Gasteiger partial charge in [0.1, 0.15) is 5.82 Å². The minimum Gasteiger partial charge on any atom is -0.494 e. The van der Waals surface area contributed by atoms with Crippen molar-refractivity contribution in [2.75, 3.05) is 12.8 Å². The summed E-state index contributed by atoms with van der Waals surface area (Å²) in [5, 5.41) is 6.22. The third-order valence-corrected chi connectivity index (χ3v) is 3.05. The molecule has 0 bridgehead atoms. The normalized spacial score (nSPS) is 10.6. The number of aromatic amines is 1. The zero-order valence-corrected chi connectivity index (χ0v) is 10.3. The third kappa shape index (κ3) is 1.97. The highest BCUT2D eigenvalue weighted by Crippen LogP contribution is 2.34. The first-order valence-electron chi connectivity index (χ1n) is 4.57. The van der Waals surface area contributed by atoms with Crippen LogP contribution in [0.3, 0.4) is 0 Å². The number of hydrogen-bond donors (Lipinski definition) is 2. The van der Waals surface area contributed by atoms with Crippen molar-refractivity contribution in [3.63, 3.8) is 0 Å². The molecule has 17 heavy (non-hydrogen) atoms. The van der Waals surface area contributed by atoms with E-state index in [4.69, 9.17) is 5.73 Å². The Bertz CT molecular complexity index is 571. The van der Waals surface area contributed by atoms with Gasteiger partial charge in [0.2, 0.25) is 0 Å². The molecule has 0 amide bonds. The van der Waals surface area contributed by atoms with Gasteiger partial charge in [-0.15, -0.1) is 0 Å². The predicted molar refractivity (Wildman–Crippen MR) is 62.6 cm³/mol. The second-order valence-corrected chi connectivity index (χ2v) is 4.06. The molecule has 0 radical (unpaired) electrons. The van der Waals surface area contributed by atoms with Crippen LogP contribution in [0.5, 0.6) is 5.75 Å². The fourth-order valence-corrected chi connectivity index (χ4v) is 1.79. The summed E-state index contributed by atoms with van der Waals surface area (Å²) >= 11 is 3.14. The molecule has 2 rings (SSSR count). The fraction of sp³-hybridized carbons (Fsp3) is 0.100. The van der Waals surface area contributed by atoms with E-state index in [1.807, 2.05) is 0 Å². The number of nitrogens with two attached hydrogens (primary N) is 1. The smallest absolute Gasteiger partial charge is 0.165 e. The number of nitrogen functional groups attached to an aromatic ring is 1. The Labute approximate surface area is 104 Å². The molecular weight excluding hydrogens is 296 g/mol. The minimum atomic E-state index is -0.663. The van der Waals surface area contributed by atoms with E-state index >= 15 is 0 Å². The van der Waals surface area contributed by atoms with E-state index in [0.717, 1.165) is 12.1 Å². The summed E-state index contributed by atoms with van der Waals surface area (Å²) in [5.74, 6) is -1.28. The lowest BCUT2D eigenvalue weighted by atomic mass is 10.1. The first-order chi connectivity index (χ1) is 8.04. The minimum absolute atomic E-state index is 0.0272. The number of ether oxygens (including phenoxy) is 1. The molecule has 0 aliphatic heterocycles. The Morgan fingerprint density at radius 2 is 2.06 bits per heavy atom. The van der Waals surface area contributed by atoms with E-state index < -0.39 is 11.6 Å². The summed E-state index contributed by atoms with van der Waals surface area (Å²) < 4.78 is 32.3. The Balaban J connectivity index is 2.60. The van der Waals surface area contributed by atoms with Gasteiger partial charge < -0.3 is 10.5 Å². The topological polar surface area (TPSA) is 63.9 Å². The van der Waals surface area contributed by atoms with Crippen LogP contribution in [0.1, 0.15) is 0 Å². The molecular formula is C10H8BrF2N3O. The maximum absolute atomic E-state index is 13.7. The van der Waals surface area contributed by atoms with Crippen molar-refractivity contribution in [2.45, 2.75) is 0 Å². The van der Waals surface area contributed by atoms with Gasteiger partial charge in [-0.1, -0.05) is 0 Å². The first-order valence-corrected chi connectivity index (χ1v) is 5.36. The van der Waals surface area contributed by atoms with Gasteiger partial charge in [0, 0.05) is 11.6 Å². The Hall–Kier alpha value is -1.63. The van der Waals surface area contributed by atoms with Crippen LogP contribution >= 0.6 is 15.9 Å². The molecule has 0 saturated heterocycles. The van der Waals surface area contributed by atoms with Gasteiger partial charge in [-0.3, -0.25) is 5.10 Å². The highest BCUT2D eigenvalue weighted by Gasteiger charge is 2.17. The summed E-state index contributed by atoms with van der Waals surface area (Å²) in [6.45, 7) is 0. The van der Waals surface area contributed by atoms with E-state index in [1.165, 1.54) is 7.11 Å². The third-order valence-electron chi connectivity index (χ3n) is 2.24. The van der Waals surface area contributed by atoms with Crippen molar-refractivity contribution in [1.82, 2.24) is 10.2 Å². The molecule has 0 saturated carbocycles. The maximum atomic E-state index is 13.7. The van der Waals surface area contributed by atoms with E-state index in [9.17, 15) is 8.78 Å². The Morgan fingerprint density at radius 3 is 2.59 bits per heavy atom. The van der Waals surface area contributed by atoms with E-state index in [2.05, 4.69) is 30.9 Å². The number of rotatable bonds is 2. The molecule has 0 unspecified atom stereocenters. The zero-order valence-electron chi connectivity index (χ0n) is 8.72. The molecule has 7 heteroatoms. The Kier molecular flexibility index (Phi) is 3.01. The van der Waals surface area contributed by atoms with Crippen LogP contribution in [0.15, 0.2) is 16.6 Å². The van der Waals surface area contributed by atoms with Crippen LogP contribution in [0.4, 0.5) is 14.6 Å². The lowest BCUT2D eigenvalue weighted by Crippen LogP contribution is -1.93. The predicted octanol–water partition coefficient (Wildman–Crippen LogP) is 2.71. The average Bonchev–Trinajstić information content (AvgIpc) is 2.63. The van der Waals surface area contributed by atoms with Gasteiger partial charge >= 0.3 is 0 Å². The Morgan fingerprint density at radius 1 is 1.35 bits per heavy atom. The maximum Gasteiger partial charge on any atom is 0.165 e. The lowest BCUT2D eigenvalue weighted by Gasteiger charge is -2.06. The number of nitrogens with one attached hydrogen (secondary N) is 1. The number of H-pyrrole nitrogens is 1. The molecule has 1 aromatic heterocycles. The van der Waals surface area contributed by atoms with Crippen LogP contribution in [0.25, 0.3) is 11.3 Å². The van der Waals surface area contributed by atoms with E-state index in [0.29, 0.717) is 4.47 Å². The molecule has 1 heterocycles. The summed E-state index contributed by atoms with van der Waals surface area (Å²) in [6.07, 6.45) is 0. The van der Waals surface area contributed by atoms with Gasteiger partial charge in [-0.05, 0) is 22.0 Å². The average molecular weight is 304 g/mol. The van der Waals surface area contributed by atoms with Gasteiger partial charge in [0.25, 0.3) is 0 Å². The van der Waals surface area contributed by atoms with Crippen molar-refractivity contribution >= 4 is 21.7 Å². The number of methoxy groups -OCH3 is 1. The molecule has 4 nitrogen and oxygen atoms in total. The highest BCUT2D eigenvalue weighted by atomic mass is 79.9. The van der Waals surface area contributed by atoms with Crippen molar-refractivity contribution < 1.29 is 13.5 Å². The van der Waals surface area contributed by atoms with Crippen LogP contribution in [0.2, 0.25) is 0 Å². The van der Waals surface area contributed by atoms with Gasteiger partial charge in [-0.2, -0.15) is 5.10 Å². The molecule has 0 aliphatic carbocycles. The molecule has 1 aromatic carbocycles. The second kappa shape index (κ2) is 4.33. The molecule has 90 valence electrons. The first kappa shape index (κ1) is 11.8. The van der Waals surface area contributed by atoms with Crippen molar-refractivity contribution in [2.24, 2.45) is 0 Å². The van der Waals surface area contributed by atoms with Gasteiger partial charge in [0.15, 0.2) is 17.4 Å². The second-order valence-electron chi connectivity index (χ2n) is 3.26. The zero-order chi connectivity index (χ0) is 12.6. The fourth-order valence-electron chi connectivity index (χ4n) is 1.40. The van der Waals surface area contributed by atoms with Crippen LogP contribution in [-0.2, 0) is 0 Å². The molecule has 0 spiro atoms. The largest absolute Gasteiger partial charge is 0.494 e. The molecule has 0 atom stereocenters. The molecule has 2 aromatic rings. The number of hydrogen-bond acceptors (Lipinski definition) is 3. The number of halogens is 3. The molecule has 0 fully saturated rings. The monoisotopic (exact) mass is 303 g/mol. The highest BCUT2D eigenvalue weighted by molar-refractivity contribution is 9.10. The number of anilines is 1.